The van der Waals surface area contributed by atoms with E-state index in [9.17, 15) is 53.1 Å². The van der Waals surface area contributed by atoms with Crippen LogP contribution < -0.4 is 43.0 Å². The number of nitrogens with one attached hydrogen (secondary N) is 7. The standard InChI is InChI=1S/C61H87N9O16/c1-35(2)55(69-50(72)13-9-8-10-27-70-53(75)24-25-54(70)76)58(79)68-46(12-11-26-63-59(62)80)57(78)65-42-19-17-41(18-20-42)33-82-60(81)66-44-29-43(30-44)64-52(74)31-45-32-61(34-83-61)56(77)49(86-45)22-15-36(3)14-21-48-37(4)28-47(39(6)85-48)67-51(73)23-16-38(5)84-40(7)71/h14-20,22-25,35,37-39,43-49,55-56,77H,8-13,21,26-34H2,1-7H3,(H,64,74)(H,65,78)(H,66,81)(H,67,73)(H,68,79)(H,69,72)(H3,62,63,80)/b22-15+,23-16-,36-14+/t37-,38?,39+,43-,44-,45+,46?,47+,48-,49+,55?,56+,61+/m0/s1. The molecule has 0 radical (unpaired) electrons. The summed E-state index contributed by atoms with van der Waals surface area (Å²) in [5.41, 5.74) is 6.38. The van der Waals surface area contributed by atoms with E-state index < -0.39 is 72.0 Å². The maximum absolute atomic E-state index is 13.6. The van der Waals surface area contributed by atoms with E-state index in [1.54, 1.807) is 51.1 Å². The number of unbranched alkanes of at least 4 members (excludes halogenated alkanes) is 2. The van der Waals surface area contributed by atoms with Crippen molar-refractivity contribution in [1.29, 1.82) is 0 Å². The number of imide groups is 1. The van der Waals surface area contributed by atoms with Gasteiger partial charge in [0.05, 0.1) is 37.4 Å². The van der Waals surface area contributed by atoms with Crippen molar-refractivity contribution in [3.8, 4) is 0 Å². The van der Waals surface area contributed by atoms with E-state index in [4.69, 9.17) is 29.4 Å². The molecule has 11 atom stereocenters. The summed E-state index contributed by atoms with van der Waals surface area (Å²) in [5, 5.41) is 30.8. The number of amides is 10. The zero-order chi connectivity index (χ0) is 62.7. The normalized spacial score (nSPS) is 26.3. The quantitative estimate of drug-likeness (QED) is 0.0133. The average molecular weight is 1200 g/mol. The highest BCUT2D eigenvalue weighted by atomic mass is 16.6. The Balaban J connectivity index is 0.879. The van der Waals surface area contributed by atoms with Crippen LogP contribution in [0.25, 0.3) is 0 Å². The number of aliphatic hydroxyl groups is 1. The van der Waals surface area contributed by atoms with E-state index in [2.05, 4.69) is 50.2 Å². The Bertz CT molecular complexity index is 2690. The van der Waals surface area contributed by atoms with Gasteiger partial charge in [0.2, 0.25) is 29.5 Å². The molecule has 25 nitrogen and oxygen atoms in total. The van der Waals surface area contributed by atoms with Gasteiger partial charge in [0.15, 0.2) is 0 Å². The van der Waals surface area contributed by atoms with Crippen LogP contribution in [-0.4, -0.2) is 162 Å². The molecule has 4 fully saturated rings. The molecule has 25 heteroatoms. The predicted molar refractivity (Wildman–Crippen MR) is 314 cm³/mol. The average Bonchev–Trinajstić information content (AvgIpc) is 1.64. The summed E-state index contributed by atoms with van der Waals surface area (Å²) in [6.45, 7) is 13.1. The highest BCUT2D eigenvalue weighted by molar-refractivity contribution is 6.12. The van der Waals surface area contributed by atoms with E-state index in [1.165, 1.54) is 31.2 Å². The number of hydrogen-bond acceptors (Lipinski definition) is 16. The number of anilines is 1. The van der Waals surface area contributed by atoms with Crippen LogP contribution in [0.15, 0.2) is 72.4 Å². The lowest BCUT2D eigenvalue weighted by atomic mass is 9.85. The van der Waals surface area contributed by atoms with Crippen LogP contribution in [0.3, 0.4) is 0 Å². The molecule has 0 aromatic heterocycles. The van der Waals surface area contributed by atoms with Crippen molar-refractivity contribution in [2.24, 2.45) is 17.6 Å². The van der Waals surface area contributed by atoms with Gasteiger partial charge in [-0.3, -0.25) is 43.3 Å². The van der Waals surface area contributed by atoms with Crippen molar-refractivity contribution in [3.63, 3.8) is 0 Å². The molecule has 6 rings (SSSR count). The second-order valence-electron chi connectivity index (χ2n) is 23.4. The number of benzene rings is 1. The number of nitrogens with zero attached hydrogens (tertiary/aromatic N) is 1. The fourth-order valence-corrected chi connectivity index (χ4v) is 10.7. The fourth-order valence-electron chi connectivity index (χ4n) is 10.7. The van der Waals surface area contributed by atoms with Crippen molar-refractivity contribution in [2.45, 2.75) is 205 Å². The molecule has 1 saturated carbocycles. The van der Waals surface area contributed by atoms with Gasteiger partial charge in [-0.15, -0.1) is 0 Å². The largest absolute Gasteiger partial charge is 0.459 e. The maximum atomic E-state index is 13.6. The van der Waals surface area contributed by atoms with E-state index in [-0.39, 0.29) is 117 Å². The van der Waals surface area contributed by atoms with Gasteiger partial charge in [0.25, 0.3) is 11.8 Å². The van der Waals surface area contributed by atoms with E-state index >= 15 is 0 Å². The molecule has 1 spiro atoms. The molecule has 1 aromatic rings. The van der Waals surface area contributed by atoms with Gasteiger partial charge in [0, 0.05) is 68.9 Å². The maximum Gasteiger partial charge on any atom is 0.407 e. The van der Waals surface area contributed by atoms with Gasteiger partial charge in [-0.05, 0) is 108 Å². The number of alkyl carbamates (subject to hydrolysis) is 1. The molecule has 86 heavy (non-hydrogen) atoms. The molecule has 1 aliphatic carbocycles. The Morgan fingerprint density at radius 3 is 2.21 bits per heavy atom. The second-order valence-corrected chi connectivity index (χ2v) is 23.4. The molecule has 472 valence electrons. The SMILES string of the molecule is CC(=O)OC(C)/C=C\C(=O)N[C@@H]1C[C@H](C)[C@H](C/C=C(C)/C=C/[C@H]2O[C@H](CC(=O)N[C@H]3C[C@H](NC(=O)OCc4ccc(NC(=O)C(CCCNC(N)=O)NC(=O)C(NC(=O)CCCCCN5C(=O)C=CC5=O)C(C)C)cc4)C3)C[C@@]3(CO3)[C@@H]2O)O[C@@H]1C. The summed E-state index contributed by atoms with van der Waals surface area (Å²) < 4.78 is 28.8. The molecule has 5 aliphatic rings. The number of epoxide rings is 1. The first-order valence-corrected chi connectivity index (χ1v) is 29.8. The molecular weight excluding hydrogens is 1110 g/mol. The number of carbonyl (C=O) groups is 10. The first kappa shape index (κ1) is 67.6. The first-order valence-electron chi connectivity index (χ1n) is 29.8. The van der Waals surface area contributed by atoms with Gasteiger partial charge in [-0.1, -0.05) is 63.1 Å². The van der Waals surface area contributed by atoms with Crippen molar-refractivity contribution < 1.29 is 76.7 Å². The van der Waals surface area contributed by atoms with Gasteiger partial charge >= 0.3 is 18.1 Å². The van der Waals surface area contributed by atoms with Crippen molar-refractivity contribution in [3.05, 3.63) is 77.9 Å². The number of primary amides is 1. The lowest BCUT2D eigenvalue weighted by molar-refractivity contribution is -0.146. The number of aliphatic hydroxyl groups excluding tert-OH is 1. The highest BCUT2D eigenvalue weighted by Crippen LogP contribution is 2.43. The Morgan fingerprint density at radius 1 is 0.849 bits per heavy atom. The summed E-state index contributed by atoms with van der Waals surface area (Å²) in [6.07, 6.45) is 12.3. The van der Waals surface area contributed by atoms with Gasteiger partial charge in [-0.25, -0.2) is 9.59 Å². The molecule has 3 unspecified atom stereocenters. The molecule has 10 amide bonds. The third-order valence-electron chi connectivity index (χ3n) is 15.8. The summed E-state index contributed by atoms with van der Waals surface area (Å²) >= 11 is 0. The highest BCUT2D eigenvalue weighted by Gasteiger charge is 2.58. The molecular formula is C61H87N9O16. The third kappa shape index (κ3) is 21.5. The van der Waals surface area contributed by atoms with Crippen LogP contribution in [-0.2, 0) is 68.6 Å². The van der Waals surface area contributed by atoms with Crippen molar-refractivity contribution in [1.82, 2.24) is 36.8 Å². The number of allylic oxidation sites excluding steroid dienone is 2. The number of ether oxygens (including phenoxy) is 5. The van der Waals surface area contributed by atoms with Gasteiger partial charge in [0.1, 0.15) is 42.6 Å². The molecule has 4 aliphatic heterocycles. The minimum Gasteiger partial charge on any atom is -0.459 e. The number of hydrogen-bond donors (Lipinski definition) is 9. The van der Waals surface area contributed by atoms with Crippen molar-refractivity contribution in [2.75, 3.05) is 25.0 Å². The molecule has 0 bridgehead atoms. The fraction of sp³-hybridized carbons (Fsp3) is 0.607. The van der Waals surface area contributed by atoms with Crippen LogP contribution in [0.2, 0.25) is 0 Å². The minimum atomic E-state index is -1.07. The third-order valence-corrected chi connectivity index (χ3v) is 15.8. The number of urea groups is 1. The lowest BCUT2D eigenvalue weighted by Gasteiger charge is -2.39. The van der Waals surface area contributed by atoms with Crippen LogP contribution >= 0.6 is 0 Å². The van der Waals surface area contributed by atoms with Crippen LogP contribution in [0.1, 0.15) is 131 Å². The first-order chi connectivity index (χ1) is 40.9. The predicted octanol–water partition coefficient (Wildman–Crippen LogP) is 3.43. The number of rotatable bonds is 30. The summed E-state index contributed by atoms with van der Waals surface area (Å²) in [4.78, 5) is 126. The Kier molecular flexibility index (Phi) is 25.4. The summed E-state index contributed by atoms with van der Waals surface area (Å²) in [6, 6.07) is 3.19. The summed E-state index contributed by atoms with van der Waals surface area (Å²) in [5.74, 6) is -3.36. The monoisotopic (exact) mass is 1200 g/mol. The van der Waals surface area contributed by atoms with E-state index in [0.717, 1.165) is 16.9 Å². The van der Waals surface area contributed by atoms with Crippen molar-refractivity contribution >= 4 is 65.1 Å². The van der Waals surface area contributed by atoms with E-state index in [1.807, 2.05) is 19.9 Å². The second kappa shape index (κ2) is 32.3. The summed E-state index contributed by atoms with van der Waals surface area (Å²) in [7, 11) is 0. The van der Waals surface area contributed by atoms with Crippen LogP contribution in [0.5, 0.6) is 0 Å². The zero-order valence-electron chi connectivity index (χ0n) is 50.3. The molecule has 4 heterocycles. The molecule has 10 N–H and O–H groups in total. The van der Waals surface area contributed by atoms with Gasteiger partial charge in [-0.2, -0.15) is 0 Å². The van der Waals surface area contributed by atoms with Crippen LogP contribution in [0.4, 0.5) is 15.3 Å². The minimum absolute atomic E-state index is 0.0583. The number of carbonyl (C=O) groups excluding carboxylic acids is 10. The smallest absolute Gasteiger partial charge is 0.407 e. The number of nitrogens with two attached hydrogens (primary N) is 1. The molecule has 3 saturated heterocycles. The van der Waals surface area contributed by atoms with Gasteiger partial charge < -0.3 is 71.7 Å². The van der Waals surface area contributed by atoms with Crippen LogP contribution in [0, 0.1) is 11.8 Å². The Labute approximate surface area is 502 Å². The Hall–Kier alpha value is -7.48. The Morgan fingerprint density at radius 2 is 1.55 bits per heavy atom. The zero-order valence-corrected chi connectivity index (χ0v) is 50.3. The lowest BCUT2D eigenvalue weighted by Crippen LogP contribution is -2.55. The van der Waals surface area contributed by atoms with E-state index in [0.29, 0.717) is 62.8 Å². The molecule has 1 aromatic carbocycles. The topological polar surface area (TPSA) is 354 Å². The number of esters is 1.